The summed E-state index contributed by atoms with van der Waals surface area (Å²) in [5.74, 6) is -0.141. The number of nitrogens with one attached hydrogen (secondary N) is 1. The molecule has 0 bridgehead atoms. The Hall–Kier alpha value is -2.03. The minimum absolute atomic E-state index is 0.141. The summed E-state index contributed by atoms with van der Waals surface area (Å²) >= 11 is 0. The van der Waals surface area contributed by atoms with Gasteiger partial charge < -0.3 is 10.2 Å². The van der Waals surface area contributed by atoms with E-state index in [0.29, 0.717) is 0 Å². The average molecular weight is 270 g/mol. The first kappa shape index (κ1) is 13.0. The Balaban J connectivity index is 1.88. The zero-order valence-electron chi connectivity index (χ0n) is 11.9. The third-order valence-corrected chi connectivity index (χ3v) is 3.90. The Kier molecular flexibility index (Phi) is 3.35. The average Bonchev–Trinajstić information content (AvgIpc) is 2.81. The summed E-state index contributed by atoms with van der Waals surface area (Å²) in [4.78, 5) is 2.10. The molecule has 1 aliphatic carbocycles. The van der Waals surface area contributed by atoms with Gasteiger partial charge in [-0.3, -0.25) is 0 Å². The van der Waals surface area contributed by atoms with Gasteiger partial charge in [0.2, 0.25) is 0 Å². The minimum atomic E-state index is -0.141. The molecule has 2 nitrogen and oxygen atoms in total. The zero-order chi connectivity index (χ0) is 14.1. The molecule has 1 N–H and O–H groups in total. The van der Waals surface area contributed by atoms with Crippen LogP contribution >= 0.6 is 0 Å². The van der Waals surface area contributed by atoms with Gasteiger partial charge in [-0.15, -0.1) is 0 Å². The van der Waals surface area contributed by atoms with Gasteiger partial charge in [-0.25, -0.2) is 4.39 Å². The van der Waals surface area contributed by atoms with Gasteiger partial charge in [-0.05, 0) is 48.2 Å². The lowest BCUT2D eigenvalue weighted by atomic mass is 10.1. The van der Waals surface area contributed by atoms with Crippen LogP contribution in [0.4, 0.5) is 15.8 Å². The van der Waals surface area contributed by atoms with Crippen LogP contribution in [0.25, 0.3) is 0 Å². The second-order valence-corrected chi connectivity index (χ2v) is 5.49. The molecule has 0 fully saturated rings. The summed E-state index contributed by atoms with van der Waals surface area (Å²) in [6, 6.07) is 13.7. The lowest BCUT2D eigenvalue weighted by molar-refractivity contribution is 0.626. The number of para-hydroxylation sites is 2. The number of fused-ring (bicyclic) bond motifs is 1. The van der Waals surface area contributed by atoms with E-state index in [1.165, 1.54) is 11.3 Å². The molecule has 104 valence electrons. The molecule has 0 spiro atoms. The van der Waals surface area contributed by atoms with Crippen molar-refractivity contribution in [2.75, 3.05) is 24.3 Å². The maximum absolute atomic E-state index is 13.3. The van der Waals surface area contributed by atoms with Gasteiger partial charge in [0, 0.05) is 14.1 Å². The molecular formula is C17H19FN2. The minimum Gasteiger partial charge on any atom is -0.377 e. The fraction of sp³-hybridized carbons (Fsp3) is 0.294. The molecule has 0 saturated heterocycles. The molecule has 0 amide bonds. The first-order valence-corrected chi connectivity index (χ1v) is 6.96. The van der Waals surface area contributed by atoms with Crippen molar-refractivity contribution in [1.29, 1.82) is 0 Å². The number of benzene rings is 2. The number of halogens is 1. The summed E-state index contributed by atoms with van der Waals surface area (Å²) in [6.45, 7) is 0. The van der Waals surface area contributed by atoms with Crippen LogP contribution in [0.5, 0.6) is 0 Å². The normalized spacial score (nSPS) is 16.9. The van der Waals surface area contributed by atoms with Crippen molar-refractivity contribution in [1.82, 2.24) is 0 Å². The van der Waals surface area contributed by atoms with Gasteiger partial charge in [0.15, 0.2) is 0 Å². The molecule has 1 aliphatic rings. The SMILES string of the molecule is CN(C)c1ccccc1NC1CCc2cc(F)ccc21. The number of nitrogens with zero attached hydrogens (tertiary/aromatic N) is 1. The lowest BCUT2D eigenvalue weighted by Crippen LogP contribution is -2.14. The standard InChI is InChI=1S/C17H19FN2/c1-20(2)17-6-4-3-5-16(17)19-15-10-7-12-11-13(18)8-9-14(12)15/h3-6,8-9,11,15,19H,7,10H2,1-2H3. The van der Waals surface area contributed by atoms with E-state index in [1.54, 1.807) is 12.1 Å². The van der Waals surface area contributed by atoms with Crippen molar-refractivity contribution in [2.45, 2.75) is 18.9 Å². The summed E-state index contributed by atoms with van der Waals surface area (Å²) < 4.78 is 13.3. The molecule has 0 heterocycles. The van der Waals surface area contributed by atoms with Crippen molar-refractivity contribution < 1.29 is 4.39 Å². The fourth-order valence-electron chi connectivity index (χ4n) is 2.91. The van der Waals surface area contributed by atoms with Gasteiger partial charge in [-0.2, -0.15) is 0 Å². The largest absolute Gasteiger partial charge is 0.377 e. The topological polar surface area (TPSA) is 15.3 Å². The Morgan fingerprint density at radius 2 is 1.95 bits per heavy atom. The third-order valence-electron chi connectivity index (χ3n) is 3.90. The predicted octanol–water partition coefficient (Wildman–Crippen LogP) is 3.99. The molecule has 2 aromatic rings. The highest BCUT2D eigenvalue weighted by Crippen LogP contribution is 2.36. The molecule has 1 unspecified atom stereocenters. The summed E-state index contributed by atoms with van der Waals surface area (Å²) in [6.07, 6.45) is 1.95. The zero-order valence-corrected chi connectivity index (χ0v) is 11.9. The quantitative estimate of drug-likeness (QED) is 0.907. The lowest BCUT2D eigenvalue weighted by Gasteiger charge is -2.22. The third kappa shape index (κ3) is 2.36. The van der Waals surface area contributed by atoms with E-state index in [4.69, 9.17) is 0 Å². The molecular weight excluding hydrogens is 251 g/mol. The van der Waals surface area contributed by atoms with E-state index in [0.717, 1.165) is 24.1 Å². The number of aryl methyl sites for hydroxylation is 1. The highest BCUT2D eigenvalue weighted by molar-refractivity contribution is 5.70. The first-order chi connectivity index (χ1) is 9.65. The van der Waals surface area contributed by atoms with Gasteiger partial charge in [0.1, 0.15) is 5.82 Å². The maximum Gasteiger partial charge on any atom is 0.123 e. The monoisotopic (exact) mass is 270 g/mol. The van der Waals surface area contributed by atoms with Gasteiger partial charge in [0.25, 0.3) is 0 Å². The second-order valence-electron chi connectivity index (χ2n) is 5.49. The molecule has 0 aliphatic heterocycles. The van der Waals surface area contributed by atoms with Crippen LogP contribution in [0.3, 0.4) is 0 Å². The highest BCUT2D eigenvalue weighted by atomic mass is 19.1. The van der Waals surface area contributed by atoms with Crippen molar-refractivity contribution in [3.8, 4) is 0 Å². The van der Waals surface area contributed by atoms with Crippen LogP contribution in [0, 0.1) is 5.82 Å². The van der Waals surface area contributed by atoms with Crippen LogP contribution in [0.1, 0.15) is 23.6 Å². The first-order valence-electron chi connectivity index (χ1n) is 6.96. The highest BCUT2D eigenvalue weighted by Gasteiger charge is 2.23. The van der Waals surface area contributed by atoms with E-state index in [-0.39, 0.29) is 11.9 Å². The molecule has 3 heteroatoms. The number of hydrogen-bond acceptors (Lipinski definition) is 2. The Morgan fingerprint density at radius 1 is 1.15 bits per heavy atom. The van der Waals surface area contributed by atoms with Crippen molar-refractivity contribution in [2.24, 2.45) is 0 Å². The van der Waals surface area contributed by atoms with Crippen molar-refractivity contribution in [3.05, 3.63) is 59.4 Å². The van der Waals surface area contributed by atoms with E-state index in [2.05, 4.69) is 22.3 Å². The van der Waals surface area contributed by atoms with E-state index < -0.39 is 0 Å². The number of anilines is 2. The molecule has 1 atom stereocenters. The van der Waals surface area contributed by atoms with Crippen LogP contribution in [0.15, 0.2) is 42.5 Å². The predicted molar refractivity (Wildman–Crippen MR) is 81.9 cm³/mol. The van der Waals surface area contributed by atoms with Gasteiger partial charge in [0.05, 0.1) is 17.4 Å². The van der Waals surface area contributed by atoms with E-state index in [1.807, 2.05) is 32.3 Å². The number of rotatable bonds is 3. The summed E-state index contributed by atoms with van der Waals surface area (Å²) in [5, 5.41) is 3.60. The van der Waals surface area contributed by atoms with Crippen molar-refractivity contribution >= 4 is 11.4 Å². The molecule has 3 rings (SSSR count). The van der Waals surface area contributed by atoms with Crippen LogP contribution < -0.4 is 10.2 Å². The Bertz CT molecular complexity index is 622. The molecule has 0 radical (unpaired) electrons. The van der Waals surface area contributed by atoms with Crippen molar-refractivity contribution in [3.63, 3.8) is 0 Å². The van der Waals surface area contributed by atoms with Crippen LogP contribution in [0.2, 0.25) is 0 Å². The Morgan fingerprint density at radius 3 is 2.75 bits per heavy atom. The maximum atomic E-state index is 13.3. The van der Waals surface area contributed by atoms with Crippen LogP contribution in [-0.2, 0) is 6.42 Å². The molecule has 20 heavy (non-hydrogen) atoms. The van der Waals surface area contributed by atoms with E-state index >= 15 is 0 Å². The fourth-order valence-corrected chi connectivity index (χ4v) is 2.91. The second kappa shape index (κ2) is 5.16. The van der Waals surface area contributed by atoms with E-state index in [9.17, 15) is 4.39 Å². The van der Waals surface area contributed by atoms with Gasteiger partial charge >= 0.3 is 0 Å². The van der Waals surface area contributed by atoms with Crippen LogP contribution in [-0.4, -0.2) is 14.1 Å². The number of hydrogen-bond donors (Lipinski definition) is 1. The molecule has 0 aromatic heterocycles. The smallest absolute Gasteiger partial charge is 0.123 e. The molecule has 2 aromatic carbocycles. The van der Waals surface area contributed by atoms with Gasteiger partial charge in [-0.1, -0.05) is 18.2 Å². The molecule has 0 saturated carbocycles. The summed E-state index contributed by atoms with van der Waals surface area (Å²) in [5.41, 5.74) is 4.65. The summed E-state index contributed by atoms with van der Waals surface area (Å²) in [7, 11) is 4.08. The Labute approximate surface area is 119 Å².